The minimum atomic E-state index is 0.328. The number of nitrogens with zero attached hydrogens (tertiary/aromatic N) is 1. The Bertz CT molecular complexity index is 380. The molecule has 0 bridgehead atoms. The zero-order valence-electron chi connectivity index (χ0n) is 14.8. The third kappa shape index (κ3) is 6.19. The Hall–Kier alpha value is -0.860. The number of likely N-dealkylation sites (N-methyl/N-ethyl adjacent to an activating group) is 1. The fraction of sp³-hybridized carbons (Fsp3) is 0.684. The van der Waals surface area contributed by atoms with Gasteiger partial charge in [0, 0.05) is 18.6 Å². The monoisotopic (exact) mass is 290 g/mol. The van der Waals surface area contributed by atoms with Gasteiger partial charge in [0.2, 0.25) is 0 Å². The number of nitrogens with one attached hydrogen (secondary N) is 1. The maximum atomic E-state index is 3.76. The summed E-state index contributed by atoms with van der Waals surface area (Å²) in [5.41, 5.74) is 1.73. The molecule has 120 valence electrons. The highest BCUT2D eigenvalue weighted by Gasteiger charge is 2.27. The lowest BCUT2D eigenvalue weighted by atomic mass is 9.91. The van der Waals surface area contributed by atoms with Crippen molar-refractivity contribution in [3.8, 4) is 0 Å². The zero-order valence-corrected chi connectivity index (χ0v) is 14.8. The minimum Gasteiger partial charge on any atom is -0.309 e. The molecule has 2 atom stereocenters. The summed E-state index contributed by atoms with van der Waals surface area (Å²) in [7, 11) is 2.27. The van der Waals surface area contributed by atoms with Gasteiger partial charge >= 0.3 is 0 Å². The van der Waals surface area contributed by atoms with Crippen LogP contribution in [0.25, 0.3) is 0 Å². The Morgan fingerprint density at radius 1 is 1.10 bits per heavy atom. The first-order valence-electron chi connectivity index (χ1n) is 8.37. The molecule has 1 aromatic rings. The molecule has 1 aromatic carbocycles. The maximum Gasteiger partial charge on any atom is 0.0477 e. The summed E-state index contributed by atoms with van der Waals surface area (Å²) < 4.78 is 0. The number of rotatable bonds is 8. The van der Waals surface area contributed by atoms with Crippen LogP contribution in [0.4, 0.5) is 0 Å². The molecule has 1 N–H and O–H groups in total. The van der Waals surface area contributed by atoms with Crippen molar-refractivity contribution >= 4 is 0 Å². The topological polar surface area (TPSA) is 15.3 Å². The van der Waals surface area contributed by atoms with Crippen molar-refractivity contribution in [3.63, 3.8) is 0 Å². The van der Waals surface area contributed by atoms with Crippen molar-refractivity contribution in [2.24, 2.45) is 5.41 Å². The van der Waals surface area contributed by atoms with Gasteiger partial charge < -0.3 is 10.2 Å². The highest BCUT2D eigenvalue weighted by Crippen LogP contribution is 2.25. The first kappa shape index (κ1) is 18.2. The summed E-state index contributed by atoms with van der Waals surface area (Å²) in [5.74, 6) is 0. The molecule has 0 aromatic heterocycles. The van der Waals surface area contributed by atoms with E-state index in [2.05, 4.69) is 82.2 Å². The van der Waals surface area contributed by atoms with Crippen molar-refractivity contribution in [2.45, 2.75) is 59.5 Å². The van der Waals surface area contributed by atoms with E-state index in [-0.39, 0.29) is 0 Å². The SMILES string of the molecule is CCCNC(c1ccccc1)C(CC)N(C)CC(C)(C)C. The Morgan fingerprint density at radius 2 is 1.71 bits per heavy atom. The molecule has 0 spiro atoms. The highest BCUT2D eigenvalue weighted by atomic mass is 15.2. The van der Waals surface area contributed by atoms with Crippen LogP contribution in [0.1, 0.15) is 59.1 Å². The molecule has 1 rings (SSSR count). The first-order chi connectivity index (χ1) is 9.89. The van der Waals surface area contributed by atoms with Gasteiger partial charge in [0.05, 0.1) is 0 Å². The summed E-state index contributed by atoms with van der Waals surface area (Å²) in [6, 6.07) is 11.8. The molecule has 2 nitrogen and oxygen atoms in total. The fourth-order valence-electron chi connectivity index (χ4n) is 3.10. The summed E-state index contributed by atoms with van der Waals surface area (Å²) >= 11 is 0. The summed E-state index contributed by atoms with van der Waals surface area (Å²) in [6.45, 7) is 13.7. The average Bonchev–Trinajstić information content (AvgIpc) is 2.42. The third-order valence-electron chi connectivity index (χ3n) is 3.87. The van der Waals surface area contributed by atoms with Crippen LogP contribution in [0.3, 0.4) is 0 Å². The van der Waals surface area contributed by atoms with Crippen molar-refractivity contribution in [1.29, 1.82) is 0 Å². The lowest BCUT2D eigenvalue weighted by Crippen LogP contribution is -2.45. The van der Waals surface area contributed by atoms with Gasteiger partial charge in [-0.1, -0.05) is 65.0 Å². The smallest absolute Gasteiger partial charge is 0.0477 e. The van der Waals surface area contributed by atoms with Gasteiger partial charge in [-0.15, -0.1) is 0 Å². The van der Waals surface area contributed by atoms with Crippen molar-refractivity contribution in [1.82, 2.24) is 10.2 Å². The standard InChI is InChI=1S/C19H34N2/c1-7-14-20-18(16-12-10-9-11-13-16)17(8-2)21(6)15-19(3,4)5/h9-13,17-18,20H,7-8,14-15H2,1-6H3. The molecular formula is C19H34N2. The van der Waals surface area contributed by atoms with Gasteiger partial charge in [-0.3, -0.25) is 0 Å². The zero-order chi connectivity index (χ0) is 15.9. The maximum absolute atomic E-state index is 3.76. The third-order valence-corrected chi connectivity index (χ3v) is 3.87. The summed E-state index contributed by atoms with van der Waals surface area (Å²) in [5, 5.41) is 3.76. The second-order valence-electron chi connectivity index (χ2n) is 7.29. The molecule has 0 aliphatic heterocycles. The van der Waals surface area contributed by atoms with E-state index in [4.69, 9.17) is 0 Å². The lowest BCUT2D eigenvalue weighted by Gasteiger charge is -2.38. The predicted octanol–water partition coefficient (Wildman–Crippen LogP) is 4.48. The van der Waals surface area contributed by atoms with Crippen LogP contribution in [-0.4, -0.2) is 31.1 Å². The molecule has 21 heavy (non-hydrogen) atoms. The van der Waals surface area contributed by atoms with Crippen LogP contribution >= 0.6 is 0 Å². The van der Waals surface area contributed by atoms with Gasteiger partial charge in [0.1, 0.15) is 0 Å². The fourth-order valence-corrected chi connectivity index (χ4v) is 3.10. The van der Waals surface area contributed by atoms with Crippen LogP contribution in [0, 0.1) is 5.41 Å². The second kappa shape index (κ2) is 8.55. The van der Waals surface area contributed by atoms with Gasteiger partial charge in [0.15, 0.2) is 0 Å². The van der Waals surface area contributed by atoms with Gasteiger partial charge in [-0.05, 0) is 37.4 Å². The molecule has 2 unspecified atom stereocenters. The molecule has 0 saturated carbocycles. The molecule has 0 radical (unpaired) electrons. The van der Waals surface area contributed by atoms with E-state index >= 15 is 0 Å². The van der Waals surface area contributed by atoms with Crippen LogP contribution in [-0.2, 0) is 0 Å². The predicted molar refractivity (Wildman–Crippen MR) is 93.6 cm³/mol. The average molecular weight is 290 g/mol. The number of benzene rings is 1. The van der Waals surface area contributed by atoms with E-state index in [9.17, 15) is 0 Å². The van der Waals surface area contributed by atoms with E-state index in [0.717, 1.165) is 19.5 Å². The van der Waals surface area contributed by atoms with Gasteiger partial charge in [-0.2, -0.15) is 0 Å². The Balaban J connectivity index is 2.92. The second-order valence-corrected chi connectivity index (χ2v) is 7.29. The summed E-state index contributed by atoms with van der Waals surface area (Å²) in [6.07, 6.45) is 2.33. The molecule has 0 aliphatic rings. The Morgan fingerprint density at radius 3 is 2.19 bits per heavy atom. The quantitative estimate of drug-likeness (QED) is 0.759. The van der Waals surface area contributed by atoms with Crippen LogP contribution in [0.15, 0.2) is 30.3 Å². The molecule has 0 fully saturated rings. The Kier molecular flexibility index (Phi) is 7.41. The minimum absolute atomic E-state index is 0.328. The Labute approximate surface area is 131 Å². The van der Waals surface area contributed by atoms with Crippen molar-refractivity contribution < 1.29 is 0 Å². The van der Waals surface area contributed by atoms with Gasteiger partial charge in [0.25, 0.3) is 0 Å². The van der Waals surface area contributed by atoms with E-state index in [1.807, 2.05) is 0 Å². The number of hydrogen-bond acceptors (Lipinski definition) is 2. The van der Waals surface area contributed by atoms with E-state index in [0.29, 0.717) is 17.5 Å². The molecule has 0 saturated heterocycles. The van der Waals surface area contributed by atoms with Crippen LogP contribution in [0.5, 0.6) is 0 Å². The van der Waals surface area contributed by atoms with Crippen LogP contribution < -0.4 is 5.32 Å². The van der Waals surface area contributed by atoms with E-state index in [1.54, 1.807) is 0 Å². The van der Waals surface area contributed by atoms with E-state index < -0.39 is 0 Å². The molecular weight excluding hydrogens is 256 g/mol. The van der Waals surface area contributed by atoms with Crippen molar-refractivity contribution in [2.75, 3.05) is 20.1 Å². The lowest BCUT2D eigenvalue weighted by molar-refractivity contribution is 0.137. The van der Waals surface area contributed by atoms with Gasteiger partial charge in [-0.25, -0.2) is 0 Å². The summed E-state index contributed by atoms with van der Waals surface area (Å²) in [4.78, 5) is 2.53. The van der Waals surface area contributed by atoms with Crippen molar-refractivity contribution in [3.05, 3.63) is 35.9 Å². The molecule has 0 amide bonds. The van der Waals surface area contributed by atoms with E-state index in [1.165, 1.54) is 12.0 Å². The molecule has 0 aliphatic carbocycles. The van der Waals surface area contributed by atoms with Crippen LogP contribution in [0.2, 0.25) is 0 Å². The number of hydrogen-bond donors (Lipinski definition) is 1. The first-order valence-corrected chi connectivity index (χ1v) is 8.37. The molecule has 0 heterocycles. The largest absolute Gasteiger partial charge is 0.309 e. The highest BCUT2D eigenvalue weighted by molar-refractivity contribution is 5.20. The normalized spacial score (nSPS) is 15.2. The molecule has 2 heteroatoms.